The Labute approximate surface area is 86.3 Å². The van der Waals surface area contributed by atoms with Crippen LogP contribution in [-0.2, 0) is 0 Å². The molecule has 5 heteroatoms. The molecule has 1 saturated carbocycles. The van der Waals surface area contributed by atoms with Gasteiger partial charge in [-0.05, 0) is 19.3 Å². The second-order valence-corrected chi connectivity index (χ2v) is 3.69. The van der Waals surface area contributed by atoms with Crippen LogP contribution in [0.2, 0.25) is 0 Å². The van der Waals surface area contributed by atoms with E-state index < -0.39 is 11.6 Å². The van der Waals surface area contributed by atoms with Crippen molar-refractivity contribution in [3.8, 4) is 5.88 Å². The molecule has 1 aliphatic rings. The maximum atomic E-state index is 13.2. The molecule has 1 aromatic heterocycles. The summed E-state index contributed by atoms with van der Waals surface area (Å²) in [5.41, 5.74) is 5.76. The fourth-order valence-corrected chi connectivity index (χ4v) is 1.73. The summed E-state index contributed by atoms with van der Waals surface area (Å²) in [7, 11) is 0. The Kier molecular flexibility index (Phi) is 2.81. The monoisotopic (exact) mass is 214 g/mol. The van der Waals surface area contributed by atoms with Crippen molar-refractivity contribution in [3.63, 3.8) is 0 Å². The highest BCUT2D eigenvalue weighted by molar-refractivity contribution is 5.15. The molecule has 0 aliphatic heterocycles. The topological polar surface area (TPSA) is 48.1 Å². The highest BCUT2D eigenvalue weighted by Gasteiger charge is 2.26. The third-order valence-electron chi connectivity index (χ3n) is 2.54. The van der Waals surface area contributed by atoms with Gasteiger partial charge in [0.15, 0.2) is 5.82 Å². The predicted octanol–water partition coefficient (Wildman–Crippen LogP) is 1.62. The quantitative estimate of drug-likeness (QED) is 0.813. The smallest absolute Gasteiger partial charge is 0.250 e. The fraction of sp³-hybridized carbons (Fsp3) is 0.500. The van der Waals surface area contributed by atoms with E-state index >= 15 is 0 Å². The van der Waals surface area contributed by atoms with Crippen LogP contribution in [0.5, 0.6) is 5.88 Å². The third-order valence-corrected chi connectivity index (χ3v) is 2.54. The predicted molar refractivity (Wildman–Crippen MR) is 50.4 cm³/mol. The van der Waals surface area contributed by atoms with Gasteiger partial charge in [-0.2, -0.15) is 0 Å². The van der Waals surface area contributed by atoms with E-state index in [1.807, 2.05) is 0 Å². The molecule has 2 rings (SSSR count). The molecule has 15 heavy (non-hydrogen) atoms. The van der Waals surface area contributed by atoms with Gasteiger partial charge >= 0.3 is 0 Å². The van der Waals surface area contributed by atoms with Crippen LogP contribution in [0.4, 0.5) is 8.78 Å². The first kappa shape index (κ1) is 10.3. The van der Waals surface area contributed by atoms with Gasteiger partial charge in [-0.3, -0.25) is 0 Å². The summed E-state index contributed by atoms with van der Waals surface area (Å²) in [6.45, 7) is 0. The Morgan fingerprint density at radius 3 is 2.80 bits per heavy atom. The van der Waals surface area contributed by atoms with Crippen LogP contribution in [0.3, 0.4) is 0 Å². The van der Waals surface area contributed by atoms with Crippen molar-refractivity contribution in [1.82, 2.24) is 4.98 Å². The molecule has 0 radical (unpaired) electrons. The molecule has 0 aromatic carbocycles. The molecular formula is C10H12F2N2O. The van der Waals surface area contributed by atoms with Crippen LogP contribution in [0.25, 0.3) is 0 Å². The molecular weight excluding hydrogens is 202 g/mol. The highest BCUT2D eigenvalue weighted by Crippen LogP contribution is 2.24. The highest BCUT2D eigenvalue weighted by atomic mass is 19.1. The summed E-state index contributed by atoms with van der Waals surface area (Å²) in [4.78, 5) is 3.55. The Hall–Kier alpha value is -1.23. The molecule has 2 atom stereocenters. The molecule has 1 fully saturated rings. The van der Waals surface area contributed by atoms with Crippen molar-refractivity contribution in [1.29, 1.82) is 0 Å². The lowest BCUT2D eigenvalue weighted by molar-refractivity contribution is 0.174. The van der Waals surface area contributed by atoms with Gasteiger partial charge in [0.2, 0.25) is 0 Å². The van der Waals surface area contributed by atoms with Gasteiger partial charge in [0, 0.05) is 12.1 Å². The summed E-state index contributed by atoms with van der Waals surface area (Å²) in [6, 6.07) is 0.666. The zero-order valence-electron chi connectivity index (χ0n) is 8.12. The van der Waals surface area contributed by atoms with Crippen molar-refractivity contribution in [2.75, 3.05) is 0 Å². The number of nitrogens with two attached hydrogens (primary N) is 1. The van der Waals surface area contributed by atoms with E-state index in [1.165, 1.54) is 0 Å². The zero-order valence-corrected chi connectivity index (χ0v) is 8.12. The molecule has 1 heterocycles. The second-order valence-electron chi connectivity index (χ2n) is 3.69. The maximum absolute atomic E-state index is 13.2. The molecule has 0 saturated heterocycles. The normalized spacial score (nSPS) is 25.5. The van der Waals surface area contributed by atoms with Crippen LogP contribution in [0, 0.1) is 11.6 Å². The van der Waals surface area contributed by atoms with E-state index in [4.69, 9.17) is 10.5 Å². The number of hydrogen-bond donors (Lipinski definition) is 1. The second kappa shape index (κ2) is 4.10. The van der Waals surface area contributed by atoms with Gasteiger partial charge in [-0.25, -0.2) is 13.8 Å². The van der Waals surface area contributed by atoms with Gasteiger partial charge in [0.25, 0.3) is 5.88 Å². The number of rotatable bonds is 2. The van der Waals surface area contributed by atoms with E-state index in [0.29, 0.717) is 0 Å². The van der Waals surface area contributed by atoms with Crippen molar-refractivity contribution in [3.05, 3.63) is 23.9 Å². The molecule has 0 amide bonds. The number of aromatic nitrogens is 1. The lowest BCUT2D eigenvalue weighted by atomic mass is 10.2. The van der Waals surface area contributed by atoms with Gasteiger partial charge in [0.05, 0.1) is 6.20 Å². The van der Waals surface area contributed by atoms with E-state index in [1.54, 1.807) is 0 Å². The lowest BCUT2D eigenvalue weighted by Gasteiger charge is -2.17. The van der Waals surface area contributed by atoms with Crippen molar-refractivity contribution >= 4 is 0 Å². The molecule has 1 aromatic rings. The van der Waals surface area contributed by atoms with Crippen LogP contribution < -0.4 is 10.5 Å². The average molecular weight is 214 g/mol. The summed E-state index contributed by atoms with van der Waals surface area (Å²) in [5.74, 6) is -1.66. The van der Waals surface area contributed by atoms with Crippen LogP contribution in [0.15, 0.2) is 12.3 Å². The zero-order chi connectivity index (χ0) is 10.8. The SMILES string of the molecule is NC1CCCC1Oc1ncc(F)cc1F. The Morgan fingerprint density at radius 1 is 1.40 bits per heavy atom. The Bertz CT molecular complexity index is 359. The maximum Gasteiger partial charge on any atom is 0.250 e. The first-order valence-corrected chi connectivity index (χ1v) is 4.90. The van der Waals surface area contributed by atoms with Crippen molar-refractivity contribution in [2.45, 2.75) is 31.4 Å². The number of hydrogen-bond acceptors (Lipinski definition) is 3. The fourth-order valence-electron chi connectivity index (χ4n) is 1.73. The lowest BCUT2D eigenvalue weighted by Crippen LogP contribution is -2.34. The van der Waals surface area contributed by atoms with E-state index in [2.05, 4.69) is 4.98 Å². The first-order valence-electron chi connectivity index (χ1n) is 4.90. The van der Waals surface area contributed by atoms with E-state index in [0.717, 1.165) is 31.5 Å². The standard InChI is InChI=1S/C10H12F2N2O/c11-6-4-7(12)10(14-5-6)15-9-3-1-2-8(9)13/h4-5,8-9H,1-3,13H2. The van der Waals surface area contributed by atoms with Crippen molar-refractivity contribution in [2.24, 2.45) is 5.73 Å². The van der Waals surface area contributed by atoms with E-state index in [9.17, 15) is 8.78 Å². The molecule has 2 unspecified atom stereocenters. The van der Waals surface area contributed by atoms with Crippen molar-refractivity contribution < 1.29 is 13.5 Å². The molecule has 82 valence electrons. The van der Waals surface area contributed by atoms with Gasteiger partial charge in [-0.1, -0.05) is 0 Å². The third kappa shape index (κ3) is 2.23. The summed E-state index contributed by atoms with van der Waals surface area (Å²) in [5, 5.41) is 0. The van der Waals surface area contributed by atoms with Crippen LogP contribution in [0.1, 0.15) is 19.3 Å². The number of ether oxygens (including phenoxy) is 1. The molecule has 1 aliphatic carbocycles. The molecule has 0 spiro atoms. The Morgan fingerprint density at radius 2 is 2.20 bits per heavy atom. The number of halogens is 2. The van der Waals surface area contributed by atoms with Gasteiger partial charge in [-0.15, -0.1) is 0 Å². The summed E-state index contributed by atoms with van der Waals surface area (Å²) < 4.78 is 31.0. The number of pyridine rings is 1. The summed E-state index contributed by atoms with van der Waals surface area (Å²) >= 11 is 0. The summed E-state index contributed by atoms with van der Waals surface area (Å²) in [6.07, 6.45) is 3.35. The van der Waals surface area contributed by atoms with E-state index in [-0.39, 0.29) is 18.0 Å². The first-order chi connectivity index (χ1) is 7.16. The molecule has 0 bridgehead atoms. The van der Waals surface area contributed by atoms with Gasteiger partial charge in [0.1, 0.15) is 11.9 Å². The van der Waals surface area contributed by atoms with Crippen LogP contribution >= 0.6 is 0 Å². The average Bonchev–Trinajstić information content (AvgIpc) is 2.57. The van der Waals surface area contributed by atoms with Gasteiger partial charge < -0.3 is 10.5 Å². The Balaban J connectivity index is 2.10. The van der Waals surface area contributed by atoms with Crippen LogP contribution in [-0.4, -0.2) is 17.1 Å². The minimum absolute atomic E-state index is 0.0868. The number of nitrogens with zero attached hydrogens (tertiary/aromatic N) is 1. The minimum Gasteiger partial charge on any atom is -0.471 e. The molecule has 3 nitrogen and oxygen atoms in total. The molecule has 2 N–H and O–H groups in total. The minimum atomic E-state index is -0.783. The largest absolute Gasteiger partial charge is 0.471 e.